The molecule has 37 heavy (non-hydrogen) atoms. The zero-order valence-electron chi connectivity index (χ0n) is 20.3. The van der Waals surface area contributed by atoms with Gasteiger partial charge in [-0.2, -0.15) is 20.4 Å². The van der Waals surface area contributed by atoms with Gasteiger partial charge in [-0.15, -0.1) is 0 Å². The quantitative estimate of drug-likeness (QED) is 0.230. The number of fused-ring (bicyclic) bond motifs is 3. The molecule has 6 aromatic rings. The van der Waals surface area contributed by atoms with E-state index in [1.165, 1.54) is 0 Å². The molecule has 0 fully saturated rings. The minimum Gasteiger partial charge on any atom is -0.298 e. The molecule has 0 unspecified atom stereocenters. The van der Waals surface area contributed by atoms with Gasteiger partial charge in [-0.3, -0.25) is 9.36 Å². The molecule has 0 aliphatic carbocycles. The number of hydrogen-bond donors (Lipinski definition) is 0. The third-order valence-electron chi connectivity index (χ3n) is 6.70. The molecule has 6 rings (SSSR count). The van der Waals surface area contributed by atoms with Crippen molar-refractivity contribution in [3.8, 4) is 34.5 Å². The monoisotopic (exact) mass is 479 g/mol. The van der Waals surface area contributed by atoms with Crippen molar-refractivity contribution in [1.82, 2.24) is 25.0 Å². The van der Waals surface area contributed by atoms with Gasteiger partial charge in [-0.05, 0) is 67.3 Å². The average molecular weight is 480 g/mol. The summed E-state index contributed by atoms with van der Waals surface area (Å²) in [5.41, 5.74) is 7.80. The van der Waals surface area contributed by atoms with E-state index in [2.05, 4.69) is 56.6 Å². The summed E-state index contributed by atoms with van der Waals surface area (Å²) >= 11 is 0. The van der Waals surface area contributed by atoms with E-state index in [0.717, 1.165) is 50.3 Å². The van der Waals surface area contributed by atoms with Gasteiger partial charge in [0.15, 0.2) is 6.29 Å². The molecular weight excluding hydrogens is 458 g/mol. The Morgan fingerprint density at radius 1 is 0.703 bits per heavy atom. The van der Waals surface area contributed by atoms with Crippen LogP contribution in [0, 0.1) is 25.8 Å². The maximum Gasteiger partial charge on any atom is 0.151 e. The Labute approximate surface area is 213 Å². The van der Waals surface area contributed by atoms with Crippen molar-refractivity contribution in [3.05, 3.63) is 107 Å². The number of carbonyl (C=O) groups excluding carboxylic acids is 1. The fraction of sp³-hybridized carbons (Fsp3) is 0.0645. The van der Waals surface area contributed by atoms with Crippen molar-refractivity contribution >= 4 is 28.1 Å². The number of rotatable bonds is 3. The largest absolute Gasteiger partial charge is 0.298 e. The first kappa shape index (κ1) is 22.3. The molecule has 0 saturated heterocycles. The second-order valence-corrected chi connectivity index (χ2v) is 8.73. The zero-order valence-corrected chi connectivity index (χ0v) is 20.3. The lowest BCUT2D eigenvalue weighted by Crippen LogP contribution is -2.05. The summed E-state index contributed by atoms with van der Waals surface area (Å²) in [5, 5.41) is 19.2. The van der Waals surface area contributed by atoms with Crippen LogP contribution in [0.15, 0.2) is 85.2 Å². The number of benzene rings is 3. The van der Waals surface area contributed by atoms with Crippen LogP contribution in [0.3, 0.4) is 0 Å². The summed E-state index contributed by atoms with van der Waals surface area (Å²) in [5.74, 6) is 3.35. The van der Waals surface area contributed by atoms with Gasteiger partial charge in [-0.25, -0.2) is 0 Å². The number of nitrogens with zero attached hydrogens (tertiary/aromatic N) is 5. The Hall–Kier alpha value is -5.15. The molecule has 0 spiro atoms. The highest BCUT2D eigenvalue weighted by molar-refractivity contribution is 6.08. The molecule has 0 N–H and O–H groups in total. The van der Waals surface area contributed by atoms with Gasteiger partial charge in [0.25, 0.3) is 0 Å². The molecule has 0 atom stereocenters. The second kappa shape index (κ2) is 9.14. The highest BCUT2D eigenvalue weighted by atomic mass is 16.1. The third kappa shape index (κ3) is 3.65. The molecule has 6 nitrogen and oxygen atoms in total. The van der Waals surface area contributed by atoms with E-state index in [-0.39, 0.29) is 0 Å². The molecule has 0 radical (unpaired) electrons. The molecule has 3 aromatic heterocycles. The number of hydrogen-bond acceptors (Lipinski definition) is 5. The normalized spacial score (nSPS) is 10.9. The lowest BCUT2D eigenvalue weighted by atomic mass is 9.85. The first-order chi connectivity index (χ1) is 18.2. The van der Waals surface area contributed by atoms with Crippen LogP contribution in [0.1, 0.15) is 27.0 Å². The van der Waals surface area contributed by atoms with Crippen LogP contribution in [0.4, 0.5) is 0 Å². The maximum absolute atomic E-state index is 12.5. The zero-order chi connectivity index (χ0) is 25.4. The Morgan fingerprint density at radius 3 is 1.76 bits per heavy atom. The van der Waals surface area contributed by atoms with Crippen molar-refractivity contribution in [2.45, 2.75) is 13.8 Å². The van der Waals surface area contributed by atoms with Crippen LogP contribution in [0.5, 0.6) is 0 Å². The first-order valence-corrected chi connectivity index (χ1v) is 11.9. The summed E-state index contributed by atoms with van der Waals surface area (Å²) in [6.45, 7) is 3.88. The number of carbonyl (C=O) groups is 1. The average Bonchev–Trinajstić information content (AvgIpc) is 3.27. The van der Waals surface area contributed by atoms with E-state index >= 15 is 0 Å². The lowest BCUT2D eigenvalue weighted by molar-refractivity contribution is 0.112. The van der Waals surface area contributed by atoms with E-state index in [4.69, 9.17) is 0 Å². The lowest BCUT2D eigenvalue weighted by Gasteiger charge is -2.18. The summed E-state index contributed by atoms with van der Waals surface area (Å²) in [6.07, 6.45) is 4.13. The molecule has 3 heterocycles. The van der Waals surface area contributed by atoms with E-state index in [1.54, 1.807) is 12.4 Å². The minimum absolute atomic E-state index is 0.527. The number of para-hydroxylation sites is 2. The van der Waals surface area contributed by atoms with Crippen LogP contribution in [0.25, 0.3) is 44.3 Å². The van der Waals surface area contributed by atoms with Gasteiger partial charge < -0.3 is 0 Å². The van der Waals surface area contributed by atoms with Crippen molar-refractivity contribution in [2.24, 2.45) is 0 Å². The molecule has 0 amide bonds. The predicted molar refractivity (Wildman–Crippen MR) is 145 cm³/mol. The summed E-state index contributed by atoms with van der Waals surface area (Å²) < 4.78 is 1.99. The second-order valence-electron chi connectivity index (χ2n) is 8.73. The summed E-state index contributed by atoms with van der Waals surface area (Å²) in [7, 11) is 0. The van der Waals surface area contributed by atoms with Crippen LogP contribution >= 0.6 is 0 Å². The van der Waals surface area contributed by atoms with Crippen LogP contribution in [-0.2, 0) is 0 Å². The predicted octanol–water partition coefficient (Wildman–Crippen LogP) is 6.00. The molecule has 3 aromatic carbocycles. The Bertz CT molecular complexity index is 1810. The van der Waals surface area contributed by atoms with Gasteiger partial charge in [0.1, 0.15) is 0 Å². The fourth-order valence-corrected chi connectivity index (χ4v) is 5.00. The van der Waals surface area contributed by atoms with Gasteiger partial charge in [-0.1, -0.05) is 36.4 Å². The molecule has 0 aliphatic rings. The van der Waals surface area contributed by atoms with Gasteiger partial charge in [0, 0.05) is 51.5 Å². The van der Waals surface area contributed by atoms with Crippen molar-refractivity contribution in [2.75, 3.05) is 0 Å². The Kier molecular flexibility index (Phi) is 5.51. The van der Waals surface area contributed by atoms with Gasteiger partial charge >= 0.3 is 0 Å². The Morgan fingerprint density at radius 2 is 1.24 bits per heavy atom. The number of aromatic nitrogens is 5. The van der Waals surface area contributed by atoms with Gasteiger partial charge in [0.05, 0.1) is 22.4 Å². The Balaban J connectivity index is 1.67. The van der Waals surface area contributed by atoms with E-state index in [0.29, 0.717) is 22.5 Å². The van der Waals surface area contributed by atoms with Crippen LogP contribution in [0.2, 0.25) is 0 Å². The molecular formula is C31H21N5O. The fourth-order valence-electron chi connectivity index (χ4n) is 5.00. The van der Waals surface area contributed by atoms with Crippen LogP contribution < -0.4 is 0 Å². The molecule has 6 heteroatoms. The van der Waals surface area contributed by atoms with E-state index < -0.39 is 0 Å². The van der Waals surface area contributed by atoms with Gasteiger partial charge in [0.2, 0.25) is 0 Å². The summed E-state index contributed by atoms with van der Waals surface area (Å²) in [4.78, 5) is 12.5. The highest BCUT2D eigenvalue weighted by Crippen LogP contribution is 2.39. The van der Waals surface area contributed by atoms with E-state index in [1.807, 2.05) is 66.9 Å². The van der Waals surface area contributed by atoms with Crippen molar-refractivity contribution in [1.29, 1.82) is 0 Å². The topological polar surface area (TPSA) is 73.6 Å². The third-order valence-corrected chi connectivity index (χ3v) is 6.70. The van der Waals surface area contributed by atoms with Crippen molar-refractivity contribution < 1.29 is 4.79 Å². The number of aldehydes is 1. The van der Waals surface area contributed by atoms with E-state index in [9.17, 15) is 4.79 Å². The summed E-state index contributed by atoms with van der Waals surface area (Å²) in [6, 6.07) is 27.2. The molecule has 0 saturated carbocycles. The first-order valence-electron chi connectivity index (χ1n) is 11.9. The molecule has 176 valence electrons. The van der Waals surface area contributed by atoms with Crippen LogP contribution in [-0.4, -0.2) is 31.2 Å². The molecule has 0 aliphatic heterocycles. The minimum atomic E-state index is 0.527. The highest BCUT2D eigenvalue weighted by Gasteiger charge is 2.23. The maximum atomic E-state index is 12.5. The standard InChI is InChI=1S/C31H21N5O/c1-20-22(15-18-36-28-13-5-3-9-23(28)24-10-4-6-14-29(24)36)25(19-37)21(2)31(27-12-8-17-33-35-27)30(20)26-11-7-16-32-34-26/h3-14,16-17,19H,1-2H3. The van der Waals surface area contributed by atoms with Crippen molar-refractivity contribution in [3.63, 3.8) is 0 Å². The smallest absolute Gasteiger partial charge is 0.151 e. The molecule has 0 bridgehead atoms. The SMILES string of the molecule is Cc1c(C#Cn2c3ccccc3c3ccccc32)c(C=O)c(C)c(-c2cccnn2)c1-c1cccnn1.